The van der Waals surface area contributed by atoms with E-state index in [0.717, 1.165) is 0 Å². The maximum absolute atomic E-state index is 11.4. The van der Waals surface area contributed by atoms with Crippen LogP contribution in [0.3, 0.4) is 0 Å². The molecule has 1 rings (SSSR count). The van der Waals surface area contributed by atoms with Gasteiger partial charge in [-0.25, -0.2) is 9.97 Å². The Balaban J connectivity index is 2.90. The van der Waals surface area contributed by atoms with Crippen LogP contribution in [0, 0.1) is 0 Å². The number of carbonyl (C=O) groups is 1. The molecule has 0 aliphatic carbocycles. The van der Waals surface area contributed by atoms with Crippen molar-refractivity contribution < 1.29 is 9.53 Å². The number of anilines is 1. The topological polar surface area (TPSA) is 55.3 Å². The summed E-state index contributed by atoms with van der Waals surface area (Å²) in [5.41, 5.74) is 1.37. The SMILES string of the molecule is C=Cc1cc(C=C)nc(N(C)CC(=O)OCC)n1. The fourth-order valence-corrected chi connectivity index (χ4v) is 1.32. The second-order valence-corrected chi connectivity index (χ2v) is 3.59. The summed E-state index contributed by atoms with van der Waals surface area (Å²) in [6.45, 7) is 9.55. The summed E-state index contributed by atoms with van der Waals surface area (Å²) >= 11 is 0. The van der Waals surface area contributed by atoms with Crippen LogP contribution in [0.1, 0.15) is 18.3 Å². The number of ether oxygens (including phenoxy) is 1. The van der Waals surface area contributed by atoms with Crippen molar-refractivity contribution in [3.63, 3.8) is 0 Å². The average molecular weight is 247 g/mol. The first kappa shape index (κ1) is 13.9. The van der Waals surface area contributed by atoms with Crippen molar-refractivity contribution in [2.24, 2.45) is 0 Å². The minimum absolute atomic E-state index is 0.102. The van der Waals surface area contributed by atoms with Crippen LogP contribution in [-0.4, -0.2) is 36.1 Å². The largest absolute Gasteiger partial charge is 0.465 e. The van der Waals surface area contributed by atoms with Gasteiger partial charge in [0.15, 0.2) is 0 Å². The Morgan fingerprint density at radius 2 is 1.94 bits per heavy atom. The Hall–Kier alpha value is -2.17. The normalized spacial score (nSPS) is 9.67. The van der Waals surface area contributed by atoms with Crippen molar-refractivity contribution in [1.82, 2.24) is 9.97 Å². The number of nitrogens with zero attached hydrogens (tertiary/aromatic N) is 3. The van der Waals surface area contributed by atoms with Gasteiger partial charge in [0.2, 0.25) is 5.95 Å². The zero-order valence-corrected chi connectivity index (χ0v) is 10.7. The Morgan fingerprint density at radius 1 is 1.39 bits per heavy atom. The second-order valence-electron chi connectivity index (χ2n) is 3.59. The number of esters is 1. The molecule has 0 fully saturated rings. The molecule has 0 radical (unpaired) electrons. The van der Waals surface area contributed by atoms with E-state index in [4.69, 9.17) is 4.74 Å². The van der Waals surface area contributed by atoms with Crippen LogP contribution in [0.25, 0.3) is 12.2 Å². The standard InChI is InChI=1S/C13H17N3O2/c1-5-10-8-11(6-2)15-13(14-10)16(4)9-12(17)18-7-3/h5-6,8H,1-2,7,9H2,3-4H3. The molecule has 0 aliphatic heterocycles. The van der Waals surface area contributed by atoms with E-state index < -0.39 is 0 Å². The molecule has 0 saturated heterocycles. The van der Waals surface area contributed by atoms with Crippen molar-refractivity contribution >= 4 is 24.1 Å². The van der Waals surface area contributed by atoms with Gasteiger partial charge in [-0.05, 0) is 25.1 Å². The Morgan fingerprint density at radius 3 is 2.39 bits per heavy atom. The van der Waals surface area contributed by atoms with E-state index in [2.05, 4.69) is 23.1 Å². The van der Waals surface area contributed by atoms with E-state index in [9.17, 15) is 4.79 Å². The van der Waals surface area contributed by atoms with Crippen LogP contribution in [0.2, 0.25) is 0 Å². The van der Waals surface area contributed by atoms with Crippen molar-refractivity contribution in [3.8, 4) is 0 Å². The smallest absolute Gasteiger partial charge is 0.325 e. The fourth-order valence-electron chi connectivity index (χ4n) is 1.32. The number of hydrogen-bond acceptors (Lipinski definition) is 5. The molecule has 1 aromatic rings. The lowest BCUT2D eigenvalue weighted by Crippen LogP contribution is -2.28. The molecule has 0 spiro atoms. The van der Waals surface area contributed by atoms with Gasteiger partial charge in [-0.3, -0.25) is 4.79 Å². The van der Waals surface area contributed by atoms with Crippen molar-refractivity contribution in [1.29, 1.82) is 0 Å². The summed E-state index contributed by atoms with van der Waals surface area (Å²) in [4.78, 5) is 21.5. The van der Waals surface area contributed by atoms with Crippen LogP contribution in [0.15, 0.2) is 19.2 Å². The first-order valence-electron chi connectivity index (χ1n) is 5.61. The zero-order chi connectivity index (χ0) is 13.5. The highest BCUT2D eigenvalue weighted by molar-refractivity contribution is 5.74. The number of carbonyl (C=O) groups excluding carboxylic acids is 1. The van der Waals surface area contributed by atoms with Gasteiger partial charge in [0.25, 0.3) is 0 Å². The maximum Gasteiger partial charge on any atom is 0.325 e. The average Bonchev–Trinajstić information content (AvgIpc) is 2.38. The predicted octanol–water partition coefficient (Wildman–Crippen LogP) is 1.76. The van der Waals surface area contributed by atoms with Crippen molar-refractivity contribution in [2.45, 2.75) is 6.92 Å². The summed E-state index contributed by atoms with van der Waals surface area (Å²) in [5.74, 6) is 0.128. The Labute approximate surface area is 107 Å². The maximum atomic E-state index is 11.4. The van der Waals surface area contributed by atoms with Gasteiger partial charge in [-0.2, -0.15) is 0 Å². The highest BCUT2D eigenvalue weighted by atomic mass is 16.5. The van der Waals surface area contributed by atoms with Crippen molar-refractivity contribution in [2.75, 3.05) is 25.1 Å². The van der Waals surface area contributed by atoms with Crippen LogP contribution < -0.4 is 4.90 Å². The number of hydrogen-bond donors (Lipinski definition) is 0. The monoisotopic (exact) mass is 247 g/mol. The molecule has 0 unspecified atom stereocenters. The molecule has 1 aromatic heterocycles. The molecule has 0 aromatic carbocycles. The molecule has 96 valence electrons. The van der Waals surface area contributed by atoms with Gasteiger partial charge in [0, 0.05) is 7.05 Å². The molecule has 0 N–H and O–H groups in total. The molecule has 0 atom stereocenters. The third kappa shape index (κ3) is 3.69. The number of likely N-dealkylation sites (N-methyl/N-ethyl adjacent to an activating group) is 1. The summed E-state index contributed by atoms with van der Waals surface area (Å²) in [7, 11) is 1.73. The molecular formula is C13H17N3O2. The van der Waals surface area contributed by atoms with Crippen LogP contribution >= 0.6 is 0 Å². The summed E-state index contributed by atoms with van der Waals surface area (Å²) in [6.07, 6.45) is 3.24. The lowest BCUT2D eigenvalue weighted by Gasteiger charge is -2.16. The molecule has 0 aliphatic rings. The second kappa shape index (κ2) is 6.54. The van der Waals surface area contributed by atoms with Gasteiger partial charge in [-0.15, -0.1) is 0 Å². The first-order valence-corrected chi connectivity index (χ1v) is 5.61. The third-order valence-electron chi connectivity index (χ3n) is 2.19. The number of rotatable bonds is 6. The van der Waals surface area contributed by atoms with Crippen LogP contribution in [0.4, 0.5) is 5.95 Å². The summed E-state index contributed by atoms with van der Waals surface area (Å²) in [6, 6.07) is 1.77. The zero-order valence-electron chi connectivity index (χ0n) is 10.7. The third-order valence-corrected chi connectivity index (χ3v) is 2.19. The first-order chi connectivity index (χ1) is 8.60. The Bertz CT molecular complexity index is 431. The van der Waals surface area contributed by atoms with Crippen LogP contribution in [0.5, 0.6) is 0 Å². The van der Waals surface area contributed by atoms with Gasteiger partial charge >= 0.3 is 5.97 Å². The molecule has 0 saturated carbocycles. The van der Waals surface area contributed by atoms with E-state index in [1.54, 1.807) is 37.1 Å². The molecule has 0 amide bonds. The number of aromatic nitrogens is 2. The van der Waals surface area contributed by atoms with Gasteiger partial charge < -0.3 is 9.64 Å². The minimum atomic E-state index is -0.312. The summed E-state index contributed by atoms with van der Waals surface area (Å²) in [5, 5.41) is 0. The fraction of sp³-hybridized carbons (Fsp3) is 0.308. The van der Waals surface area contributed by atoms with E-state index in [0.29, 0.717) is 23.9 Å². The van der Waals surface area contributed by atoms with E-state index in [1.807, 2.05) is 0 Å². The molecular weight excluding hydrogens is 230 g/mol. The summed E-state index contributed by atoms with van der Waals surface area (Å²) < 4.78 is 4.87. The van der Waals surface area contributed by atoms with Gasteiger partial charge in [0.1, 0.15) is 6.54 Å². The quantitative estimate of drug-likeness (QED) is 0.717. The molecule has 18 heavy (non-hydrogen) atoms. The highest BCUT2D eigenvalue weighted by Gasteiger charge is 2.11. The van der Waals surface area contributed by atoms with E-state index in [1.165, 1.54) is 0 Å². The van der Waals surface area contributed by atoms with Gasteiger partial charge in [0.05, 0.1) is 18.0 Å². The minimum Gasteiger partial charge on any atom is -0.465 e. The van der Waals surface area contributed by atoms with E-state index in [-0.39, 0.29) is 12.5 Å². The molecule has 1 heterocycles. The Kier molecular flexibility index (Phi) is 5.05. The molecule has 5 nitrogen and oxygen atoms in total. The predicted molar refractivity (Wildman–Crippen MR) is 72.1 cm³/mol. The van der Waals surface area contributed by atoms with Crippen LogP contribution in [-0.2, 0) is 9.53 Å². The highest BCUT2D eigenvalue weighted by Crippen LogP contribution is 2.11. The lowest BCUT2D eigenvalue weighted by atomic mass is 10.3. The van der Waals surface area contributed by atoms with Crippen molar-refractivity contribution in [3.05, 3.63) is 30.6 Å². The lowest BCUT2D eigenvalue weighted by molar-refractivity contribution is -0.141. The van der Waals surface area contributed by atoms with Gasteiger partial charge in [-0.1, -0.05) is 13.2 Å². The molecule has 0 bridgehead atoms. The van der Waals surface area contributed by atoms with E-state index >= 15 is 0 Å². The molecule has 5 heteroatoms.